The Morgan fingerprint density at radius 1 is 0.441 bits per heavy atom. The molecule has 1 aromatic carbocycles. The first-order chi connectivity index (χ1) is 16.8. The summed E-state index contributed by atoms with van der Waals surface area (Å²) in [4.78, 5) is 9.28. The molecule has 0 saturated heterocycles. The number of aryl methyl sites for hydroxylation is 2. The zero-order valence-electron chi connectivity index (χ0n) is 22.5. The summed E-state index contributed by atoms with van der Waals surface area (Å²) in [7, 11) is 0. The van der Waals surface area contributed by atoms with Crippen LogP contribution >= 0.6 is 0 Å². The van der Waals surface area contributed by atoms with Gasteiger partial charge in [0.15, 0.2) is 5.82 Å². The van der Waals surface area contributed by atoms with Gasteiger partial charge in [0.2, 0.25) is 0 Å². The fourth-order valence-electron chi connectivity index (χ4n) is 4.73. The van der Waals surface area contributed by atoms with E-state index < -0.39 is 0 Å². The second-order valence-corrected chi connectivity index (χ2v) is 10.3. The molecular weight excluding hydrogens is 412 g/mol. The highest BCUT2D eigenvalue weighted by atomic mass is 14.9. The summed E-state index contributed by atoms with van der Waals surface area (Å²) in [5.74, 6) is 0.851. The van der Waals surface area contributed by atoms with Crippen molar-refractivity contribution < 1.29 is 0 Å². The van der Waals surface area contributed by atoms with Gasteiger partial charge in [-0.25, -0.2) is 9.97 Å². The maximum Gasteiger partial charge on any atom is 0.159 e. The lowest BCUT2D eigenvalue weighted by molar-refractivity contribution is 0.549. The Morgan fingerprint density at radius 3 is 1.26 bits per heavy atom. The van der Waals surface area contributed by atoms with Gasteiger partial charge in [-0.05, 0) is 36.8 Å². The molecule has 1 heterocycles. The molecule has 190 valence electrons. The Bertz CT molecular complexity index is 705. The van der Waals surface area contributed by atoms with Crippen molar-refractivity contribution in [2.45, 2.75) is 142 Å². The van der Waals surface area contributed by atoms with E-state index in [1.54, 1.807) is 0 Å². The Labute approximate surface area is 211 Å². The standard InChI is InChI=1S/C32H52N2/c1-3-5-7-9-11-12-13-14-16-17-19-21-29-23-25-31(26-24-29)32-33-27-30(28-34-32)22-20-18-15-10-8-6-4-2/h23-28H,3-22H2,1-2H3. The highest BCUT2D eigenvalue weighted by Crippen LogP contribution is 2.18. The van der Waals surface area contributed by atoms with Crippen molar-refractivity contribution in [3.8, 4) is 11.4 Å². The minimum atomic E-state index is 0.851. The molecule has 0 unspecified atom stereocenters. The van der Waals surface area contributed by atoms with Gasteiger partial charge in [0.25, 0.3) is 0 Å². The molecule has 2 heteroatoms. The lowest BCUT2D eigenvalue weighted by Gasteiger charge is -2.06. The summed E-state index contributed by atoms with van der Waals surface area (Å²) in [6.45, 7) is 4.57. The van der Waals surface area contributed by atoms with Gasteiger partial charge in [0.1, 0.15) is 0 Å². The Morgan fingerprint density at radius 2 is 0.824 bits per heavy atom. The first kappa shape index (κ1) is 28.5. The van der Waals surface area contributed by atoms with Gasteiger partial charge in [0, 0.05) is 18.0 Å². The molecule has 0 amide bonds. The number of hydrogen-bond donors (Lipinski definition) is 0. The Balaban J connectivity index is 1.56. The highest BCUT2D eigenvalue weighted by molar-refractivity contribution is 5.55. The third kappa shape index (κ3) is 13.3. The lowest BCUT2D eigenvalue weighted by atomic mass is 10.0. The first-order valence-corrected chi connectivity index (χ1v) is 14.7. The lowest BCUT2D eigenvalue weighted by Crippen LogP contribution is -1.94. The minimum Gasteiger partial charge on any atom is -0.236 e. The molecule has 2 aromatic rings. The summed E-state index contributed by atoms with van der Waals surface area (Å²) in [6.07, 6.45) is 31.2. The molecule has 34 heavy (non-hydrogen) atoms. The normalized spacial score (nSPS) is 11.2. The van der Waals surface area contributed by atoms with Gasteiger partial charge in [-0.15, -0.1) is 0 Å². The number of aromatic nitrogens is 2. The van der Waals surface area contributed by atoms with Crippen molar-refractivity contribution in [3.63, 3.8) is 0 Å². The predicted molar refractivity (Wildman–Crippen MR) is 149 cm³/mol. The number of rotatable bonds is 21. The van der Waals surface area contributed by atoms with E-state index in [0.717, 1.165) is 17.8 Å². The molecule has 0 spiro atoms. The van der Waals surface area contributed by atoms with E-state index in [0.29, 0.717) is 0 Å². The van der Waals surface area contributed by atoms with Gasteiger partial charge in [-0.3, -0.25) is 0 Å². The fraction of sp³-hybridized carbons (Fsp3) is 0.688. The molecular formula is C32H52N2. The Kier molecular flexibility index (Phi) is 16.4. The quantitative estimate of drug-likeness (QED) is 0.172. The van der Waals surface area contributed by atoms with E-state index in [1.165, 1.54) is 133 Å². The predicted octanol–water partition coefficient (Wildman–Crippen LogP) is 10.3. The van der Waals surface area contributed by atoms with Crippen LogP contribution in [-0.2, 0) is 12.8 Å². The van der Waals surface area contributed by atoms with Gasteiger partial charge in [-0.1, -0.05) is 141 Å². The van der Waals surface area contributed by atoms with E-state index in [-0.39, 0.29) is 0 Å². The Hall–Kier alpha value is -1.70. The van der Waals surface area contributed by atoms with Crippen LogP contribution in [-0.4, -0.2) is 9.97 Å². The van der Waals surface area contributed by atoms with Gasteiger partial charge in [-0.2, -0.15) is 0 Å². The summed E-state index contributed by atoms with van der Waals surface area (Å²) >= 11 is 0. The molecule has 0 aliphatic carbocycles. The van der Waals surface area contributed by atoms with E-state index >= 15 is 0 Å². The van der Waals surface area contributed by atoms with Crippen molar-refractivity contribution in [2.24, 2.45) is 0 Å². The fourth-order valence-corrected chi connectivity index (χ4v) is 4.73. The highest BCUT2D eigenvalue weighted by Gasteiger charge is 2.03. The maximum atomic E-state index is 4.64. The topological polar surface area (TPSA) is 25.8 Å². The number of benzene rings is 1. The van der Waals surface area contributed by atoms with Crippen molar-refractivity contribution in [1.82, 2.24) is 9.97 Å². The number of unbranched alkanes of at least 4 members (excludes halogenated alkanes) is 16. The average Bonchev–Trinajstić information content (AvgIpc) is 2.87. The van der Waals surface area contributed by atoms with Crippen LogP contribution in [0.2, 0.25) is 0 Å². The summed E-state index contributed by atoms with van der Waals surface area (Å²) in [5.41, 5.74) is 3.84. The molecule has 0 radical (unpaired) electrons. The molecule has 0 aliphatic heterocycles. The van der Waals surface area contributed by atoms with Crippen LogP contribution in [0.5, 0.6) is 0 Å². The van der Waals surface area contributed by atoms with E-state index in [2.05, 4.69) is 48.1 Å². The third-order valence-electron chi connectivity index (χ3n) is 7.06. The van der Waals surface area contributed by atoms with Crippen LogP contribution in [0.25, 0.3) is 11.4 Å². The number of nitrogens with zero attached hydrogens (tertiary/aromatic N) is 2. The van der Waals surface area contributed by atoms with Crippen LogP contribution < -0.4 is 0 Å². The van der Waals surface area contributed by atoms with E-state index in [1.807, 2.05) is 12.4 Å². The van der Waals surface area contributed by atoms with Crippen LogP contribution in [0, 0.1) is 0 Å². The molecule has 2 rings (SSSR count). The van der Waals surface area contributed by atoms with Crippen LogP contribution in [0.3, 0.4) is 0 Å². The summed E-state index contributed by atoms with van der Waals surface area (Å²) < 4.78 is 0. The average molecular weight is 465 g/mol. The zero-order chi connectivity index (χ0) is 24.1. The first-order valence-electron chi connectivity index (χ1n) is 14.7. The van der Waals surface area contributed by atoms with Crippen molar-refractivity contribution in [1.29, 1.82) is 0 Å². The number of hydrogen-bond acceptors (Lipinski definition) is 2. The third-order valence-corrected chi connectivity index (χ3v) is 7.06. The van der Waals surface area contributed by atoms with Crippen molar-refractivity contribution in [3.05, 3.63) is 47.8 Å². The molecule has 1 aromatic heterocycles. The molecule has 0 bridgehead atoms. The van der Waals surface area contributed by atoms with Gasteiger partial charge >= 0.3 is 0 Å². The minimum absolute atomic E-state index is 0.851. The second kappa shape index (κ2) is 19.6. The largest absolute Gasteiger partial charge is 0.236 e. The SMILES string of the molecule is CCCCCCCCCCCCCc1ccc(-c2ncc(CCCCCCCCC)cn2)cc1. The molecule has 0 aliphatic rings. The van der Waals surface area contributed by atoms with Gasteiger partial charge < -0.3 is 0 Å². The van der Waals surface area contributed by atoms with Crippen LogP contribution in [0.15, 0.2) is 36.7 Å². The van der Waals surface area contributed by atoms with Crippen molar-refractivity contribution >= 4 is 0 Å². The monoisotopic (exact) mass is 464 g/mol. The summed E-state index contributed by atoms with van der Waals surface area (Å²) in [6, 6.07) is 8.92. The van der Waals surface area contributed by atoms with Gasteiger partial charge in [0.05, 0.1) is 0 Å². The molecule has 0 saturated carbocycles. The van der Waals surface area contributed by atoms with Crippen LogP contribution in [0.1, 0.15) is 141 Å². The zero-order valence-corrected chi connectivity index (χ0v) is 22.5. The maximum absolute atomic E-state index is 4.64. The van der Waals surface area contributed by atoms with E-state index in [4.69, 9.17) is 0 Å². The van der Waals surface area contributed by atoms with E-state index in [9.17, 15) is 0 Å². The smallest absolute Gasteiger partial charge is 0.159 e. The van der Waals surface area contributed by atoms with Crippen LogP contribution in [0.4, 0.5) is 0 Å². The second-order valence-electron chi connectivity index (χ2n) is 10.3. The summed E-state index contributed by atoms with van der Waals surface area (Å²) in [5, 5.41) is 0. The molecule has 0 atom stereocenters. The van der Waals surface area contributed by atoms with Crippen molar-refractivity contribution in [2.75, 3.05) is 0 Å². The molecule has 0 N–H and O–H groups in total. The molecule has 2 nitrogen and oxygen atoms in total. The molecule has 0 fully saturated rings.